The summed E-state index contributed by atoms with van der Waals surface area (Å²) in [4.78, 5) is 19.0. The largest absolute Gasteiger partial charge is 0.303 e. The Morgan fingerprint density at radius 2 is 2.22 bits per heavy atom. The Hall–Kier alpha value is -1.22. The highest BCUT2D eigenvalue weighted by atomic mass is 16.1. The van der Waals surface area contributed by atoms with Crippen LogP contribution in [0.25, 0.3) is 0 Å². The second-order valence-corrected chi connectivity index (χ2v) is 4.88. The molecule has 1 aliphatic rings. The summed E-state index contributed by atoms with van der Waals surface area (Å²) < 4.78 is 0. The molecule has 1 heterocycles. The zero-order valence-corrected chi connectivity index (χ0v) is 11.4. The number of hydrogen-bond donors (Lipinski definition) is 0. The Kier molecular flexibility index (Phi) is 4.48. The first-order chi connectivity index (χ1) is 8.76. The highest BCUT2D eigenvalue weighted by Crippen LogP contribution is 2.32. The lowest BCUT2D eigenvalue weighted by molar-refractivity contribution is -0.120. The Morgan fingerprint density at radius 1 is 1.44 bits per heavy atom. The predicted octanol–water partition coefficient (Wildman–Crippen LogP) is 2.41. The number of hydrogen-bond acceptors (Lipinski definition) is 3. The molecule has 0 aromatic carbocycles. The van der Waals surface area contributed by atoms with Crippen molar-refractivity contribution in [3.8, 4) is 0 Å². The minimum Gasteiger partial charge on any atom is -0.303 e. The third-order valence-electron chi connectivity index (χ3n) is 3.92. The van der Waals surface area contributed by atoms with Gasteiger partial charge < -0.3 is 4.90 Å². The molecule has 0 bridgehead atoms. The van der Waals surface area contributed by atoms with Crippen LogP contribution in [0.2, 0.25) is 0 Å². The molecule has 0 amide bonds. The molecule has 0 saturated carbocycles. The van der Waals surface area contributed by atoms with E-state index in [-0.39, 0.29) is 5.92 Å². The number of aryl methyl sites for hydroxylation is 1. The van der Waals surface area contributed by atoms with E-state index in [0.29, 0.717) is 12.2 Å². The van der Waals surface area contributed by atoms with Gasteiger partial charge in [-0.05, 0) is 37.6 Å². The van der Waals surface area contributed by atoms with Crippen molar-refractivity contribution in [2.45, 2.75) is 39.0 Å². The van der Waals surface area contributed by atoms with E-state index in [1.165, 1.54) is 5.56 Å². The van der Waals surface area contributed by atoms with Gasteiger partial charge in [0.1, 0.15) is 5.78 Å². The zero-order chi connectivity index (χ0) is 13.0. The highest BCUT2D eigenvalue weighted by molar-refractivity contribution is 5.86. The maximum Gasteiger partial charge on any atom is 0.143 e. The van der Waals surface area contributed by atoms with E-state index in [1.807, 2.05) is 6.07 Å². The van der Waals surface area contributed by atoms with Gasteiger partial charge in [0.25, 0.3) is 0 Å². The quantitative estimate of drug-likeness (QED) is 0.773. The molecule has 0 saturated heterocycles. The molecular weight excluding hydrogens is 224 g/mol. The molecule has 0 spiro atoms. The molecule has 0 aliphatic heterocycles. The van der Waals surface area contributed by atoms with Gasteiger partial charge in [-0.25, -0.2) is 0 Å². The van der Waals surface area contributed by atoms with Crippen LogP contribution in [0.5, 0.6) is 0 Å². The van der Waals surface area contributed by atoms with Crippen LogP contribution in [-0.2, 0) is 11.2 Å². The van der Waals surface area contributed by atoms with Gasteiger partial charge in [-0.3, -0.25) is 9.78 Å². The lowest BCUT2D eigenvalue weighted by Crippen LogP contribution is -2.27. The van der Waals surface area contributed by atoms with Crippen LogP contribution in [0.4, 0.5) is 0 Å². The molecule has 1 aromatic rings. The second-order valence-electron chi connectivity index (χ2n) is 4.88. The summed E-state index contributed by atoms with van der Waals surface area (Å²) in [5, 5.41) is 0. The standard InChI is InChI=1S/C15H22N2O/c1-3-17(4-2)11-9-14(18)13-8-7-12-6-5-10-16-15(12)13/h5-6,10,13H,3-4,7-9,11H2,1-2H3. The summed E-state index contributed by atoms with van der Waals surface area (Å²) >= 11 is 0. The molecule has 0 N–H and O–H groups in total. The minimum absolute atomic E-state index is 0.0526. The van der Waals surface area contributed by atoms with Gasteiger partial charge in [-0.2, -0.15) is 0 Å². The summed E-state index contributed by atoms with van der Waals surface area (Å²) in [6, 6.07) is 4.06. The smallest absolute Gasteiger partial charge is 0.143 e. The Balaban J connectivity index is 1.95. The number of aromatic nitrogens is 1. The van der Waals surface area contributed by atoms with Crippen LogP contribution in [0.15, 0.2) is 18.3 Å². The first kappa shape index (κ1) is 13.2. The first-order valence-electron chi connectivity index (χ1n) is 6.95. The van der Waals surface area contributed by atoms with Crippen LogP contribution >= 0.6 is 0 Å². The third-order valence-corrected chi connectivity index (χ3v) is 3.92. The van der Waals surface area contributed by atoms with Gasteiger partial charge in [0.2, 0.25) is 0 Å². The fourth-order valence-corrected chi connectivity index (χ4v) is 2.71. The topological polar surface area (TPSA) is 33.2 Å². The monoisotopic (exact) mass is 246 g/mol. The van der Waals surface area contributed by atoms with E-state index >= 15 is 0 Å². The molecule has 0 radical (unpaired) electrons. The van der Waals surface area contributed by atoms with Crippen molar-refractivity contribution in [2.24, 2.45) is 0 Å². The lowest BCUT2D eigenvalue weighted by atomic mass is 9.98. The van der Waals surface area contributed by atoms with E-state index in [4.69, 9.17) is 0 Å². The van der Waals surface area contributed by atoms with Gasteiger partial charge in [0.05, 0.1) is 11.6 Å². The summed E-state index contributed by atoms with van der Waals surface area (Å²) in [6.45, 7) is 7.19. The van der Waals surface area contributed by atoms with Crippen LogP contribution in [0, 0.1) is 0 Å². The van der Waals surface area contributed by atoms with Gasteiger partial charge in [-0.15, -0.1) is 0 Å². The average molecular weight is 246 g/mol. The van der Waals surface area contributed by atoms with Gasteiger partial charge in [-0.1, -0.05) is 19.9 Å². The molecule has 3 heteroatoms. The number of Topliss-reactive ketones (excluding diaryl/α,β-unsaturated/α-hetero) is 1. The van der Waals surface area contributed by atoms with Gasteiger partial charge in [0, 0.05) is 19.2 Å². The summed E-state index contributed by atoms with van der Waals surface area (Å²) in [5.41, 5.74) is 2.29. The van der Waals surface area contributed by atoms with E-state index in [9.17, 15) is 4.79 Å². The Bertz CT molecular complexity index is 413. The van der Waals surface area contributed by atoms with Crippen LogP contribution in [0.3, 0.4) is 0 Å². The van der Waals surface area contributed by atoms with Crippen molar-refractivity contribution in [1.29, 1.82) is 0 Å². The Labute approximate surface area is 109 Å². The molecule has 98 valence electrons. The second kappa shape index (κ2) is 6.10. The summed E-state index contributed by atoms with van der Waals surface area (Å²) in [7, 11) is 0. The van der Waals surface area contributed by atoms with Crippen molar-refractivity contribution in [3.05, 3.63) is 29.6 Å². The minimum atomic E-state index is 0.0526. The molecule has 1 aliphatic carbocycles. The van der Waals surface area contributed by atoms with E-state index in [0.717, 1.165) is 38.2 Å². The fourth-order valence-electron chi connectivity index (χ4n) is 2.71. The van der Waals surface area contributed by atoms with Gasteiger partial charge >= 0.3 is 0 Å². The number of ketones is 1. The van der Waals surface area contributed by atoms with Crippen molar-refractivity contribution in [3.63, 3.8) is 0 Å². The third kappa shape index (κ3) is 2.78. The number of rotatable bonds is 6. The van der Waals surface area contributed by atoms with E-state index in [2.05, 4.69) is 29.8 Å². The fraction of sp³-hybridized carbons (Fsp3) is 0.600. The van der Waals surface area contributed by atoms with Crippen molar-refractivity contribution < 1.29 is 4.79 Å². The van der Waals surface area contributed by atoms with Crippen LogP contribution in [-0.4, -0.2) is 35.3 Å². The number of pyridine rings is 1. The van der Waals surface area contributed by atoms with E-state index in [1.54, 1.807) is 6.20 Å². The predicted molar refractivity (Wildman–Crippen MR) is 72.7 cm³/mol. The molecule has 1 atom stereocenters. The van der Waals surface area contributed by atoms with Crippen LogP contribution < -0.4 is 0 Å². The molecule has 0 fully saturated rings. The van der Waals surface area contributed by atoms with Crippen molar-refractivity contribution in [2.75, 3.05) is 19.6 Å². The SMILES string of the molecule is CCN(CC)CCC(=O)C1CCc2cccnc21. The van der Waals surface area contributed by atoms with Crippen molar-refractivity contribution in [1.82, 2.24) is 9.88 Å². The molecule has 18 heavy (non-hydrogen) atoms. The van der Waals surface area contributed by atoms with Gasteiger partial charge in [0.15, 0.2) is 0 Å². The lowest BCUT2D eigenvalue weighted by Gasteiger charge is -2.18. The number of fused-ring (bicyclic) bond motifs is 1. The normalized spacial score (nSPS) is 18.1. The number of nitrogens with zero attached hydrogens (tertiary/aromatic N) is 2. The highest BCUT2D eigenvalue weighted by Gasteiger charge is 2.29. The van der Waals surface area contributed by atoms with Crippen molar-refractivity contribution >= 4 is 5.78 Å². The Morgan fingerprint density at radius 3 is 2.94 bits per heavy atom. The van der Waals surface area contributed by atoms with Crippen LogP contribution in [0.1, 0.15) is 43.9 Å². The molecule has 1 unspecified atom stereocenters. The average Bonchev–Trinajstić information content (AvgIpc) is 2.83. The van der Waals surface area contributed by atoms with E-state index < -0.39 is 0 Å². The summed E-state index contributed by atoms with van der Waals surface area (Å²) in [6.07, 6.45) is 4.41. The number of carbonyl (C=O) groups excluding carboxylic acids is 1. The molecule has 3 nitrogen and oxygen atoms in total. The molecule has 2 rings (SSSR count). The first-order valence-corrected chi connectivity index (χ1v) is 6.95. The molecular formula is C15H22N2O. The summed E-state index contributed by atoms with van der Waals surface area (Å²) in [5.74, 6) is 0.413. The maximum absolute atomic E-state index is 12.3. The molecule has 1 aromatic heterocycles. The zero-order valence-electron chi connectivity index (χ0n) is 11.4. The maximum atomic E-state index is 12.3. The number of carbonyl (C=O) groups is 1.